The number of phenolic OH excluding ortho intramolecular Hbond substituents is 1. The van der Waals surface area contributed by atoms with Gasteiger partial charge in [0.05, 0.1) is 16.7 Å². The van der Waals surface area contributed by atoms with Gasteiger partial charge in [0.2, 0.25) is 0 Å². The van der Waals surface area contributed by atoms with E-state index in [4.69, 9.17) is 0 Å². The molecule has 0 fully saturated rings. The van der Waals surface area contributed by atoms with Crippen LogP contribution in [0.15, 0.2) is 60.7 Å². The molecule has 0 saturated heterocycles. The molecule has 0 spiro atoms. The molecule has 0 bridgehead atoms. The fourth-order valence-corrected chi connectivity index (χ4v) is 3.75. The van der Waals surface area contributed by atoms with Gasteiger partial charge in [0.25, 0.3) is 0 Å². The molecular weight excluding hydrogens is 325 g/mol. The van der Waals surface area contributed by atoms with Crippen molar-refractivity contribution in [3.63, 3.8) is 0 Å². The molecule has 3 aromatic carbocycles. The minimum absolute atomic E-state index is 0.175. The molecule has 0 saturated carbocycles. The number of rotatable bonds is 5. The molecule has 1 aromatic heterocycles. The monoisotopic (exact) mass is 347 g/mol. The van der Waals surface area contributed by atoms with E-state index in [0.29, 0.717) is 17.7 Å². The van der Waals surface area contributed by atoms with Crippen molar-refractivity contribution in [2.45, 2.75) is 32.6 Å². The number of aryl methyl sites for hydroxylation is 1. The number of aromatic hydroxyl groups is 1. The lowest BCUT2D eigenvalue weighted by atomic mass is 10.0. The lowest BCUT2D eigenvalue weighted by molar-refractivity contribution is 0.461. The molecule has 0 aliphatic rings. The van der Waals surface area contributed by atoms with Crippen molar-refractivity contribution in [3.05, 3.63) is 72.0 Å². The zero-order valence-electron chi connectivity index (χ0n) is 14.9. The van der Waals surface area contributed by atoms with E-state index in [2.05, 4.69) is 19.1 Å². The van der Waals surface area contributed by atoms with Gasteiger partial charge in [-0.1, -0.05) is 56.2 Å². The van der Waals surface area contributed by atoms with Crippen LogP contribution in [0.5, 0.6) is 5.75 Å². The summed E-state index contributed by atoms with van der Waals surface area (Å²) in [5.41, 5.74) is 3.12. The van der Waals surface area contributed by atoms with Gasteiger partial charge in [0, 0.05) is 16.8 Å². The number of fused-ring (bicyclic) bond motifs is 3. The summed E-state index contributed by atoms with van der Waals surface area (Å²) in [6, 6.07) is 19.0. The lowest BCUT2D eigenvalue weighted by Gasteiger charge is -2.14. The predicted octanol–water partition coefficient (Wildman–Crippen LogP) is 6.36. The first-order chi connectivity index (χ1) is 12.7. The van der Waals surface area contributed by atoms with E-state index in [-0.39, 0.29) is 11.6 Å². The van der Waals surface area contributed by atoms with Crippen LogP contribution >= 0.6 is 0 Å². The van der Waals surface area contributed by atoms with Crippen LogP contribution in [0.2, 0.25) is 0 Å². The SMILES string of the molecule is CCCCCc1cc(F)cc(-n2c3ccccc3c3ccccc32)c1O. The van der Waals surface area contributed by atoms with Crippen molar-refractivity contribution in [2.75, 3.05) is 0 Å². The van der Waals surface area contributed by atoms with Crippen LogP contribution in [0.25, 0.3) is 27.5 Å². The van der Waals surface area contributed by atoms with Crippen LogP contribution in [-0.2, 0) is 6.42 Å². The molecule has 4 rings (SSSR count). The van der Waals surface area contributed by atoms with Crippen molar-refractivity contribution in [3.8, 4) is 11.4 Å². The van der Waals surface area contributed by atoms with Gasteiger partial charge < -0.3 is 9.67 Å². The molecule has 26 heavy (non-hydrogen) atoms. The maximum Gasteiger partial charge on any atom is 0.142 e. The van der Waals surface area contributed by atoms with Gasteiger partial charge in [-0.3, -0.25) is 0 Å². The molecule has 0 radical (unpaired) electrons. The van der Waals surface area contributed by atoms with Gasteiger partial charge in [-0.15, -0.1) is 0 Å². The van der Waals surface area contributed by atoms with Gasteiger partial charge in [0.15, 0.2) is 0 Å². The molecule has 3 heteroatoms. The van der Waals surface area contributed by atoms with Crippen molar-refractivity contribution in [1.82, 2.24) is 4.57 Å². The molecule has 1 heterocycles. The highest BCUT2D eigenvalue weighted by molar-refractivity contribution is 6.09. The molecule has 4 aromatic rings. The number of hydrogen-bond donors (Lipinski definition) is 1. The van der Waals surface area contributed by atoms with E-state index in [1.807, 2.05) is 41.0 Å². The third-order valence-corrected chi connectivity index (χ3v) is 5.00. The van der Waals surface area contributed by atoms with Gasteiger partial charge in [-0.2, -0.15) is 0 Å². The van der Waals surface area contributed by atoms with Crippen LogP contribution in [0.3, 0.4) is 0 Å². The van der Waals surface area contributed by atoms with Crippen molar-refractivity contribution < 1.29 is 9.50 Å². The average Bonchev–Trinajstić information content (AvgIpc) is 2.99. The second-order valence-corrected chi connectivity index (χ2v) is 6.76. The van der Waals surface area contributed by atoms with Gasteiger partial charge in [0.1, 0.15) is 11.6 Å². The normalized spacial score (nSPS) is 11.5. The number of benzene rings is 3. The summed E-state index contributed by atoms with van der Waals surface area (Å²) in [7, 11) is 0. The number of nitrogens with zero attached hydrogens (tertiary/aromatic N) is 1. The molecule has 0 unspecified atom stereocenters. The van der Waals surface area contributed by atoms with E-state index >= 15 is 0 Å². The molecule has 0 aliphatic carbocycles. The summed E-state index contributed by atoms with van der Waals surface area (Å²) in [4.78, 5) is 0. The number of halogens is 1. The highest BCUT2D eigenvalue weighted by atomic mass is 19.1. The summed E-state index contributed by atoms with van der Waals surface area (Å²) in [5.74, 6) is -0.139. The summed E-state index contributed by atoms with van der Waals surface area (Å²) in [5, 5.41) is 13.1. The maximum absolute atomic E-state index is 14.4. The third kappa shape index (κ3) is 2.74. The molecule has 1 N–H and O–H groups in total. The Morgan fingerprint density at radius 1 is 0.885 bits per heavy atom. The zero-order valence-corrected chi connectivity index (χ0v) is 14.9. The minimum Gasteiger partial charge on any atom is -0.505 e. The van der Waals surface area contributed by atoms with E-state index < -0.39 is 0 Å². The summed E-state index contributed by atoms with van der Waals surface area (Å²) >= 11 is 0. The Morgan fingerprint density at radius 3 is 2.12 bits per heavy atom. The number of hydrogen-bond acceptors (Lipinski definition) is 1. The third-order valence-electron chi connectivity index (χ3n) is 5.00. The number of unbranched alkanes of at least 4 members (excludes halogenated alkanes) is 2. The highest BCUT2D eigenvalue weighted by Crippen LogP contribution is 2.37. The van der Waals surface area contributed by atoms with Crippen LogP contribution in [0.1, 0.15) is 31.7 Å². The van der Waals surface area contributed by atoms with Gasteiger partial charge in [-0.05, 0) is 36.6 Å². The number of aromatic nitrogens is 1. The maximum atomic E-state index is 14.4. The summed E-state index contributed by atoms with van der Waals surface area (Å²) < 4.78 is 16.3. The Bertz CT molecular complexity index is 1030. The van der Waals surface area contributed by atoms with Crippen LogP contribution in [0.4, 0.5) is 4.39 Å². The second kappa shape index (κ2) is 6.83. The Balaban J connectivity index is 1.98. The second-order valence-electron chi connectivity index (χ2n) is 6.76. The Labute approximate surface area is 152 Å². The first kappa shape index (κ1) is 16.6. The molecule has 0 amide bonds. The Kier molecular flexibility index (Phi) is 4.37. The first-order valence-corrected chi connectivity index (χ1v) is 9.20. The van der Waals surface area contributed by atoms with E-state index in [0.717, 1.165) is 41.1 Å². The van der Waals surface area contributed by atoms with Gasteiger partial charge in [-0.25, -0.2) is 4.39 Å². The van der Waals surface area contributed by atoms with Crippen molar-refractivity contribution in [1.29, 1.82) is 0 Å². The summed E-state index contributed by atoms with van der Waals surface area (Å²) in [6.07, 6.45) is 3.79. The number of phenols is 1. The van der Waals surface area contributed by atoms with Crippen LogP contribution < -0.4 is 0 Å². The number of para-hydroxylation sites is 2. The van der Waals surface area contributed by atoms with E-state index in [1.165, 1.54) is 12.1 Å². The Morgan fingerprint density at radius 2 is 1.50 bits per heavy atom. The smallest absolute Gasteiger partial charge is 0.142 e. The van der Waals surface area contributed by atoms with Crippen LogP contribution in [-0.4, -0.2) is 9.67 Å². The summed E-state index contributed by atoms with van der Waals surface area (Å²) in [6.45, 7) is 2.13. The van der Waals surface area contributed by atoms with E-state index in [9.17, 15) is 9.50 Å². The fraction of sp³-hybridized carbons (Fsp3) is 0.217. The van der Waals surface area contributed by atoms with Gasteiger partial charge >= 0.3 is 0 Å². The largest absolute Gasteiger partial charge is 0.505 e. The van der Waals surface area contributed by atoms with E-state index in [1.54, 1.807) is 0 Å². The molecule has 2 nitrogen and oxygen atoms in total. The van der Waals surface area contributed by atoms with Crippen molar-refractivity contribution in [2.24, 2.45) is 0 Å². The lowest BCUT2D eigenvalue weighted by Crippen LogP contribution is -1.99. The first-order valence-electron chi connectivity index (χ1n) is 9.20. The fourth-order valence-electron chi connectivity index (χ4n) is 3.75. The quantitative estimate of drug-likeness (QED) is 0.417. The minimum atomic E-state index is -0.314. The average molecular weight is 347 g/mol. The standard InChI is InChI=1S/C23H22FNO/c1-2-3-4-9-16-14-17(24)15-22(23(16)26)25-20-12-7-5-10-18(20)19-11-6-8-13-21(19)25/h5-8,10-15,26H,2-4,9H2,1H3. The predicted molar refractivity (Wildman–Crippen MR) is 106 cm³/mol. The molecule has 0 aliphatic heterocycles. The Hall–Kier alpha value is -2.81. The van der Waals surface area contributed by atoms with Crippen molar-refractivity contribution >= 4 is 21.8 Å². The van der Waals surface area contributed by atoms with Crippen LogP contribution in [0, 0.1) is 5.82 Å². The molecular formula is C23H22FNO. The molecule has 132 valence electrons. The zero-order chi connectivity index (χ0) is 18.1. The topological polar surface area (TPSA) is 25.2 Å². The highest BCUT2D eigenvalue weighted by Gasteiger charge is 2.17. The molecule has 0 atom stereocenters.